The van der Waals surface area contributed by atoms with E-state index in [0.29, 0.717) is 0 Å². The third-order valence-electron chi connectivity index (χ3n) is 5.34. The zero-order valence-corrected chi connectivity index (χ0v) is 15.4. The summed E-state index contributed by atoms with van der Waals surface area (Å²) < 4.78 is 5.93. The summed E-state index contributed by atoms with van der Waals surface area (Å²) in [6.45, 7) is 1.55. The number of urea groups is 1. The highest BCUT2D eigenvalue weighted by Crippen LogP contribution is 2.27. The molecule has 3 amide bonds. The molecule has 3 aromatic rings. The van der Waals surface area contributed by atoms with E-state index in [1.54, 1.807) is 0 Å². The molecule has 0 bridgehead atoms. The van der Waals surface area contributed by atoms with E-state index in [0.717, 1.165) is 53.4 Å². The van der Waals surface area contributed by atoms with Gasteiger partial charge in [-0.1, -0.05) is 42.5 Å². The number of oxazole rings is 1. The van der Waals surface area contributed by atoms with Gasteiger partial charge in [-0.2, -0.15) is 0 Å². The second-order valence-electron chi connectivity index (χ2n) is 7.15. The van der Waals surface area contributed by atoms with Crippen LogP contribution in [0.1, 0.15) is 36.3 Å². The molecule has 4 N–H and O–H groups in total. The van der Waals surface area contributed by atoms with Crippen LogP contribution in [0.4, 0.5) is 4.79 Å². The summed E-state index contributed by atoms with van der Waals surface area (Å²) in [6, 6.07) is 16.0. The topological polar surface area (TPSA) is 103 Å². The van der Waals surface area contributed by atoms with Crippen LogP contribution in [0.25, 0.3) is 11.1 Å². The van der Waals surface area contributed by atoms with Crippen molar-refractivity contribution >= 4 is 23.0 Å². The van der Waals surface area contributed by atoms with Crippen LogP contribution in [-0.4, -0.2) is 30.0 Å². The van der Waals surface area contributed by atoms with Crippen molar-refractivity contribution < 1.29 is 18.9 Å². The molecule has 2 aromatic carbocycles. The molecule has 4 rings (SSSR count). The Morgan fingerprint density at radius 2 is 1.75 bits per heavy atom. The number of nitrogens with zero attached hydrogens (tertiary/aromatic N) is 1. The van der Waals surface area contributed by atoms with E-state index in [4.69, 9.17) is 10.2 Å². The molecule has 1 aliphatic rings. The Bertz CT molecular complexity index is 944. The van der Waals surface area contributed by atoms with Gasteiger partial charge in [-0.05, 0) is 12.1 Å². The van der Waals surface area contributed by atoms with E-state index in [2.05, 4.69) is 10.3 Å². The number of rotatable bonds is 4. The molecule has 0 aliphatic carbocycles. The molecule has 1 aliphatic heterocycles. The molecule has 1 atom stereocenters. The molecular formula is C21H23N4O3+. The molecule has 7 heteroatoms. The highest BCUT2D eigenvalue weighted by atomic mass is 16.3. The number of amides is 3. The van der Waals surface area contributed by atoms with Crippen LogP contribution in [-0.2, 0) is 4.79 Å². The van der Waals surface area contributed by atoms with Crippen LogP contribution in [0.5, 0.6) is 0 Å². The second-order valence-corrected chi connectivity index (χ2v) is 7.15. The van der Waals surface area contributed by atoms with Gasteiger partial charge >= 0.3 is 6.03 Å². The van der Waals surface area contributed by atoms with Gasteiger partial charge in [-0.25, -0.2) is 9.78 Å². The van der Waals surface area contributed by atoms with E-state index in [1.807, 2.05) is 54.6 Å². The van der Waals surface area contributed by atoms with Gasteiger partial charge in [0, 0.05) is 24.3 Å². The summed E-state index contributed by atoms with van der Waals surface area (Å²) in [5.74, 6) is 0.624. The van der Waals surface area contributed by atoms with Crippen LogP contribution in [0.2, 0.25) is 0 Å². The van der Waals surface area contributed by atoms with Crippen molar-refractivity contribution in [1.82, 2.24) is 10.3 Å². The normalized spacial score (nSPS) is 20.6. The number of nitrogens with one attached hydrogen (secondary N) is 2. The van der Waals surface area contributed by atoms with Gasteiger partial charge < -0.3 is 15.1 Å². The molecule has 28 heavy (non-hydrogen) atoms. The molecule has 0 spiro atoms. The second kappa shape index (κ2) is 7.82. The Morgan fingerprint density at radius 1 is 1.07 bits per heavy atom. The molecule has 7 nitrogen and oxygen atoms in total. The Labute approximate surface area is 162 Å². The molecule has 0 saturated carbocycles. The number of quaternary nitrogens is 1. The number of carbonyl (C=O) groups excluding carboxylic acids is 2. The number of carbonyl (C=O) groups is 2. The Balaban J connectivity index is 1.50. The number of para-hydroxylation sites is 2. The number of fused-ring (bicyclic) bond motifs is 1. The van der Waals surface area contributed by atoms with Gasteiger partial charge in [0.25, 0.3) is 5.91 Å². The zero-order chi connectivity index (χ0) is 19.5. The highest BCUT2D eigenvalue weighted by Gasteiger charge is 2.36. The van der Waals surface area contributed by atoms with Crippen LogP contribution < -0.4 is 16.0 Å². The number of hydrogen-bond donors (Lipinski definition) is 3. The number of piperidine rings is 1. The lowest BCUT2D eigenvalue weighted by molar-refractivity contribution is -0.927. The predicted octanol–water partition coefficient (Wildman–Crippen LogP) is 1.53. The average molecular weight is 379 g/mol. The van der Waals surface area contributed by atoms with Crippen molar-refractivity contribution in [3.63, 3.8) is 0 Å². The average Bonchev–Trinajstić information content (AvgIpc) is 3.13. The van der Waals surface area contributed by atoms with Gasteiger partial charge in [-0.15, -0.1) is 0 Å². The number of nitrogens with two attached hydrogens (primary N) is 1. The lowest BCUT2D eigenvalue weighted by Crippen LogP contribution is -3.14. The van der Waals surface area contributed by atoms with E-state index < -0.39 is 12.1 Å². The first-order chi connectivity index (χ1) is 13.6. The molecule has 2 heterocycles. The lowest BCUT2D eigenvalue weighted by Gasteiger charge is -2.33. The fraction of sp³-hybridized carbons (Fsp3) is 0.286. The molecule has 1 saturated heterocycles. The third-order valence-corrected chi connectivity index (χ3v) is 5.34. The minimum absolute atomic E-state index is 0.228. The molecule has 144 valence electrons. The molecule has 0 radical (unpaired) electrons. The first-order valence-electron chi connectivity index (χ1n) is 9.47. The molecule has 1 fully saturated rings. The van der Waals surface area contributed by atoms with Crippen molar-refractivity contribution in [1.29, 1.82) is 0 Å². The Morgan fingerprint density at radius 3 is 2.43 bits per heavy atom. The van der Waals surface area contributed by atoms with Gasteiger partial charge in [0.2, 0.25) is 0 Å². The number of aromatic nitrogens is 1. The monoisotopic (exact) mass is 379 g/mol. The first kappa shape index (κ1) is 18.2. The standard InChI is InChI=1S/C21H22N4O3/c22-21(27)24-19(26)18(14-6-2-1-3-7-14)25-12-10-15(11-13-25)20-23-16-8-4-5-9-17(16)28-20/h1-9,15,18H,10-13H2,(H3,22,24,26,27)/p+1/t18-/m0/s1. The van der Waals surface area contributed by atoms with Crippen molar-refractivity contribution in [2.45, 2.75) is 24.8 Å². The largest absolute Gasteiger partial charge is 0.440 e. The van der Waals surface area contributed by atoms with Crippen LogP contribution in [0.15, 0.2) is 59.0 Å². The van der Waals surface area contributed by atoms with Gasteiger partial charge in [0.05, 0.1) is 13.1 Å². The van der Waals surface area contributed by atoms with Crippen molar-refractivity contribution in [3.05, 3.63) is 66.1 Å². The van der Waals surface area contributed by atoms with Crippen LogP contribution in [0, 0.1) is 0 Å². The van der Waals surface area contributed by atoms with Crippen molar-refractivity contribution in [2.24, 2.45) is 5.73 Å². The van der Waals surface area contributed by atoms with E-state index in [1.165, 1.54) is 0 Å². The maximum atomic E-state index is 12.7. The maximum Gasteiger partial charge on any atom is 0.319 e. The van der Waals surface area contributed by atoms with Crippen LogP contribution >= 0.6 is 0 Å². The maximum absolute atomic E-state index is 12.7. The predicted molar refractivity (Wildman–Crippen MR) is 104 cm³/mol. The number of likely N-dealkylation sites (tertiary alicyclic amines) is 1. The molecular weight excluding hydrogens is 356 g/mol. The number of benzene rings is 2. The summed E-state index contributed by atoms with van der Waals surface area (Å²) in [5, 5.41) is 2.25. The van der Waals surface area contributed by atoms with E-state index in [-0.39, 0.29) is 11.8 Å². The summed E-state index contributed by atoms with van der Waals surface area (Å²) in [5.41, 5.74) is 7.72. The van der Waals surface area contributed by atoms with E-state index in [9.17, 15) is 9.59 Å². The minimum atomic E-state index is -0.827. The molecule has 0 unspecified atom stereocenters. The molecule has 1 aromatic heterocycles. The fourth-order valence-electron chi connectivity index (χ4n) is 4.00. The number of hydrogen-bond acceptors (Lipinski definition) is 4. The smallest absolute Gasteiger partial charge is 0.319 e. The zero-order valence-electron chi connectivity index (χ0n) is 15.4. The quantitative estimate of drug-likeness (QED) is 0.640. The fourth-order valence-corrected chi connectivity index (χ4v) is 4.00. The highest BCUT2D eigenvalue weighted by molar-refractivity contribution is 5.96. The van der Waals surface area contributed by atoms with Gasteiger partial charge in [0.1, 0.15) is 5.52 Å². The van der Waals surface area contributed by atoms with Crippen LogP contribution in [0.3, 0.4) is 0 Å². The number of primary amides is 1. The number of imide groups is 1. The summed E-state index contributed by atoms with van der Waals surface area (Å²) in [6.07, 6.45) is 1.71. The van der Waals surface area contributed by atoms with Crippen molar-refractivity contribution in [2.75, 3.05) is 13.1 Å². The lowest BCUT2D eigenvalue weighted by atomic mass is 9.93. The summed E-state index contributed by atoms with van der Waals surface area (Å²) in [4.78, 5) is 29.6. The van der Waals surface area contributed by atoms with E-state index >= 15 is 0 Å². The summed E-state index contributed by atoms with van der Waals surface area (Å²) >= 11 is 0. The minimum Gasteiger partial charge on any atom is -0.440 e. The SMILES string of the molecule is NC(=O)NC(=O)[C@H](c1ccccc1)[NH+]1CCC(c2nc3ccccc3o2)CC1. The van der Waals surface area contributed by atoms with Gasteiger partial charge in [0.15, 0.2) is 17.5 Å². The Hall–Kier alpha value is -3.19. The van der Waals surface area contributed by atoms with Crippen molar-refractivity contribution in [3.8, 4) is 0 Å². The van der Waals surface area contributed by atoms with Gasteiger partial charge in [-0.3, -0.25) is 10.1 Å². The first-order valence-corrected chi connectivity index (χ1v) is 9.47. The summed E-state index contributed by atoms with van der Waals surface area (Å²) in [7, 11) is 0. The third kappa shape index (κ3) is 3.75. The Kier molecular flexibility index (Phi) is 5.08.